The molecule has 3 rings (SSSR count). The summed E-state index contributed by atoms with van der Waals surface area (Å²) >= 11 is 1.87. The number of piperidine rings is 1. The Morgan fingerprint density at radius 3 is 3.00 bits per heavy atom. The van der Waals surface area contributed by atoms with E-state index in [4.69, 9.17) is 4.99 Å². The van der Waals surface area contributed by atoms with Gasteiger partial charge < -0.3 is 10.6 Å². The SMILES string of the molecule is CCNC(=NCC1CCCN(C)C1c1cccs1)NCCc1ccncc1C. The number of aromatic nitrogens is 1. The number of guanidine groups is 1. The van der Waals surface area contributed by atoms with Crippen molar-refractivity contribution < 1.29 is 0 Å². The van der Waals surface area contributed by atoms with E-state index in [1.807, 2.05) is 23.7 Å². The van der Waals surface area contributed by atoms with Crippen LogP contribution in [0.25, 0.3) is 0 Å². The Morgan fingerprint density at radius 2 is 2.25 bits per heavy atom. The van der Waals surface area contributed by atoms with Gasteiger partial charge in [-0.3, -0.25) is 14.9 Å². The van der Waals surface area contributed by atoms with Crippen LogP contribution in [0.4, 0.5) is 0 Å². The van der Waals surface area contributed by atoms with Gasteiger partial charge in [0.2, 0.25) is 0 Å². The predicted octanol–water partition coefficient (Wildman–Crippen LogP) is 3.63. The third-order valence-electron chi connectivity index (χ3n) is 5.49. The Bertz CT molecular complexity index is 743. The van der Waals surface area contributed by atoms with Crippen LogP contribution in [0.3, 0.4) is 0 Å². The Labute approximate surface area is 173 Å². The Balaban J connectivity index is 1.60. The minimum atomic E-state index is 0.486. The average molecular weight is 400 g/mol. The molecule has 0 aromatic carbocycles. The van der Waals surface area contributed by atoms with Crippen molar-refractivity contribution in [3.05, 3.63) is 52.0 Å². The smallest absolute Gasteiger partial charge is 0.191 e. The number of rotatable bonds is 7. The minimum absolute atomic E-state index is 0.486. The van der Waals surface area contributed by atoms with E-state index < -0.39 is 0 Å². The molecule has 2 unspecified atom stereocenters. The largest absolute Gasteiger partial charge is 0.357 e. The molecule has 2 atom stereocenters. The number of thiophene rings is 1. The van der Waals surface area contributed by atoms with E-state index in [-0.39, 0.29) is 0 Å². The van der Waals surface area contributed by atoms with Gasteiger partial charge in [0.25, 0.3) is 0 Å². The van der Waals surface area contributed by atoms with E-state index in [1.54, 1.807) is 0 Å². The minimum Gasteiger partial charge on any atom is -0.357 e. The maximum Gasteiger partial charge on any atom is 0.191 e. The fourth-order valence-corrected chi connectivity index (χ4v) is 4.99. The number of hydrogen-bond acceptors (Lipinski definition) is 4. The Hall–Kier alpha value is -1.92. The first kappa shape index (κ1) is 20.8. The molecule has 6 heteroatoms. The van der Waals surface area contributed by atoms with Gasteiger partial charge in [-0.15, -0.1) is 11.3 Å². The zero-order valence-electron chi connectivity index (χ0n) is 17.3. The topological polar surface area (TPSA) is 52.6 Å². The quantitative estimate of drug-likeness (QED) is 0.551. The highest BCUT2D eigenvalue weighted by molar-refractivity contribution is 7.10. The molecule has 152 valence electrons. The molecule has 2 N–H and O–H groups in total. The summed E-state index contributed by atoms with van der Waals surface area (Å²) in [7, 11) is 2.25. The number of likely N-dealkylation sites (tertiary alicyclic amines) is 1. The molecule has 28 heavy (non-hydrogen) atoms. The summed E-state index contributed by atoms with van der Waals surface area (Å²) < 4.78 is 0. The van der Waals surface area contributed by atoms with Crippen molar-refractivity contribution >= 4 is 17.3 Å². The number of aryl methyl sites for hydroxylation is 1. The van der Waals surface area contributed by atoms with Gasteiger partial charge in [0, 0.05) is 42.9 Å². The number of nitrogens with zero attached hydrogens (tertiary/aromatic N) is 3. The highest BCUT2D eigenvalue weighted by Gasteiger charge is 2.31. The van der Waals surface area contributed by atoms with Gasteiger partial charge in [0.15, 0.2) is 5.96 Å². The highest BCUT2D eigenvalue weighted by Crippen LogP contribution is 2.37. The zero-order valence-corrected chi connectivity index (χ0v) is 18.1. The van der Waals surface area contributed by atoms with E-state index >= 15 is 0 Å². The van der Waals surface area contributed by atoms with Gasteiger partial charge in [-0.05, 0) is 81.3 Å². The van der Waals surface area contributed by atoms with Gasteiger partial charge in [0.05, 0.1) is 0 Å². The first-order valence-corrected chi connectivity index (χ1v) is 11.2. The lowest BCUT2D eigenvalue weighted by Gasteiger charge is -2.38. The molecule has 2 aromatic heterocycles. The van der Waals surface area contributed by atoms with Crippen LogP contribution in [0.2, 0.25) is 0 Å². The Kier molecular flexibility index (Phi) is 7.86. The average Bonchev–Trinajstić information content (AvgIpc) is 3.22. The predicted molar refractivity (Wildman–Crippen MR) is 119 cm³/mol. The molecule has 5 nitrogen and oxygen atoms in total. The van der Waals surface area contributed by atoms with E-state index in [9.17, 15) is 0 Å². The van der Waals surface area contributed by atoms with Crippen LogP contribution in [-0.4, -0.2) is 49.1 Å². The van der Waals surface area contributed by atoms with Crippen molar-refractivity contribution in [1.29, 1.82) is 0 Å². The highest BCUT2D eigenvalue weighted by atomic mass is 32.1. The maximum absolute atomic E-state index is 4.95. The molecular weight excluding hydrogens is 366 g/mol. The lowest BCUT2D eigenvalue weighted by atomic mass is 9.88. The van der Waals surface area contributed by atoms with Crippen molar-refractivity contribution in [3.8, 4) is 0 Å². The number of pyridine rings is 1. The molecule has 3 heterocycles. The molecular formula is C22H33N5S. The summed E-state index contributed by atoms with van der Waals surface area (Å²) in [6.45, 7) is 8.01. The number of aliphatic imine (C=N–C) groups is 1. The van der Waals surface area contributed by atoms with Gasteiger partial charge in [-0.25, -0.2) is 0 Å². The number of hydrogen-bond donors (Lipinski definition) is 2. The first-order valence-electron chi connectivity index (χ1n) is 10.3. The molecule has 0 aliphatic carbocycles. The Morgan fingerprint density at radius 1 is 1.36 bits per heavy atom. The first-order chi connectivity index (χ1) is 13.7. The second-order valence-corrected chi connectivity index (χ2v) is 8.52. The van der Waals surface area contributed by atoms with Crippen molar-refractivity contribution in [3.63, 3.8) is 0 Å². The van der Waals surface area contributed by atoms with Crippen LogP contribution in [0.5, 0.6) is 0 Å². The monoisotopic (exact) mass is 399 g/mol. The molecule has 1 fully saturated rings. The van der Waals surface area contributed by atoms with Gasteiger partial charge in [0.1, 0.15) is 0 Å². The number of nitrogens with one attached hydrogen (secondary N) is 2. The van der Waals surface area contributed by atoms with E-state index in [1.165, 1.54) is 35.4 Å². The van der Waals surface area contributed by atoms with Crippen LogP contribution < -0.4 is 10.6 Å². The fraction of sp³-hybridized carbons (Fsp3) is 0.545. The van der Waals surface area contributed by atoms with Crippen LogP contribution in [0.1, 0.15) is 41.8 Å². The lowest BCUT2D eigenvalue weighted by molar-refractivity contribution is 0.128. The van der Waals surface area contributed by atoms with Crippen LogP contribution in [-0.2, 0) is 6.42 Å². The van der Waals surface area contributed by atoms with E-state index in [2.05, 4.69) is 65.0 Å². The molecule has 0 bridgehead atoms. The van der Waals surface area contributed by atoms with Crippen molar-refractivity contribution in [1.82, 2.24) is 20.5 Å². The molecule has 0 saturated carbocycles. The van der Waals surface area contributed by atoms with Gasteiger partial charge in [-0.2, -0.15) is 0 Å². The van der Waals surface area contributed by atoms with Crippen LogP contribution >= 0.6 is 11.3 Å². The van der Waals surface area contributed by atoms with Crippen LogP contribution in [0.15, 0.2) is 41.0 Å². The molecule has 1 saturated heterocycles. The summed E-state index contributed by atoms with van der Waals surface area (Å²) in [6.07, 6.45) is 7.27. The summed E-state index contributed by atoms with van der Waals surface area (Å²) in [5.41, 5.74) is 2.58. The fourth-order valence-electron chi connectivity index (χ4n) is 4.01. The third kappa shape index (κ3) is 5.55. The molecule has 1 aliphatic heterocycles. The second-order valence-electron chi connectivity index (χ2n) is 7.54. The molecule has 0 spiro atoms. The van der Waals surface area contributed by atoms with Gasteiger partial charge in [-0.1, -0.05) is 6.07 Å². The summed E-state index contributed by atoms with van der Waals surface area (Å²) in [6, 6.07) is 7.02. The summed E-state index contributed by atoms with van der Waals surface area (Å²) in [4.78, 5) is 13.1. The standard InChI is InChI=1S/C22H33N5S/c1-4-24-22(25-12-10-18-9-11-23-15-17(18)2)26-16-19-7-5-13-27(3)21(19)20-8-6-14-28-20/h6,8-9,11,14-15,19,21H,4-5,7,10,12-13,16H2,1-3H3,(H2,24,25,26). The normalized spacial score (nSPS) is 20.9. The maximum atomic E-state index is 4.95. The van der Waals surface area contributed by atoms with Gasteiger partial charge >= 0.3 is 0 Å². The molecule has 2 aromatic rings. The second kappa shape index (κ2) is 10.6. The van der Waals surface area contributed by atoms with Crippen LogP contribution in [0, 0.1) is 12.8 Å². The summed E-state index contributed by atoms with van der Waals surface area (Å²) in [5, 5.41) is 9.09. The van der Waals surface area contributed by atoms with E-state index in [0.717, 1.165) is 32.0 Å². The molecule has 1 aliphatic rings. The van der Waals surface area contributed by atoms with E-state index in [0.29, 0.717) is 12.0 Å². The van der Waals surface area contributed by atoms with Crippen molar-refractivity contribution in [2.45, 2.75) is 39.2 Å². The molecule has 0 radical (unpaired) electrons. The zero-order chi connectivity index (χ0) is 19.8. The van der Waals surface area contributed by atoms with Crippen molar-refractivity contribution in [2.24, 2.45) is 10.9 Å². The third-order valence-corrected chi connectivity index (χ3v) is 6.44. The summed E-state index contributed by atoms with van der Waals surface area (Å²) in [5.74, 6) is 1.49. The lowest BCUT2D eigenvalue weighted by Crippen LogP contribution is -2.40. The van der Waals surface area contributed by atoms with Crippen molar-refractivity contribution in [2.75, 3.05) is 33.2 Å². The molecule has 0 amide bonds.